The third kappa shape index (κ3) is 6.08. The number of rotatable bonds is 6. The molecule has 0 atom stereocenters. The number of hydrogen-bond donors (Lipinski definition) is 2. The largest absolute Gasteiger partial charge is 0.494 e. The van der Waals surface area contributed by atoms with E-state index in [1.807, 2.05) is 45.0 Å². The molecule has 2 aromatic carbocycles. The van der Waals surface area contributed by atoms with Gasteiger partial charge in [0.25, 0.3) is 5.91 Å². The summed E-state index contributed by atoms with van der Waals surface area (Å²) in [5.74, 6) is 1.18. The SMILES string of the molecule is CCOc1cccc(NC(=S)NC(=O)c2ccc(OC(C)C)cc2)c1. The number of ether oxygens (including phenoxy) is 2. The van der Waals surface area contributed by atoms with Gasteiger partial charge in [0.2, 0.25) is 0 Å². The Labute approximate surface area is 153 Å². The van der Waals surface area contributed by atoms with Crippen molar-refractivity contribution in [3.05, 3.63) is 54.1 Å². The molecule has 6 heteroatoms. The minimum Gasteiger partial charge on any atom is -0.494 e. The van der Waals surface area contributed by atoms with Gasteiger partial charge in [-0.15, -0.1) is 0 Å². The molecule has 0 aliphatic carbocycles. The van der Waals surface area contributed by atoms with E-state index in [-0.39, 0.29) is 17.1 Å². The molecule has 0 aliphatic heterocycles. The van der Waals surface area contributed by atoms with Crippen molar-refractivity contribution in [1.29, 1.82) is 0 Å². The Morgan fingerprint density at radius 1 is 1.12 bits per heavy atom. The van der Waals surface area contributed by atoms with Gasteiger partial charge in [0, 0.05) is 17.3 Å². The summed E-state index contributed by atoms with van der Waals surface area (Å²) in [7, 11) is 0. The van der Waals surface area contributed by atoms with Crippen LogP contribution in [0.2, 0.25) is 0 Å². The van der Waals surface area contributed by atoms with Crippen LogP contribution in [0.3, 0.4) is 0 Å². The molecule has 132 valence electrons. The van der Waals surface area contributed by atoms with E-state index in [0.29, 0.717) is 12.2 Å². The molecule has 2 rings (SSSR count). The molecule has 0 aromatic heterocycles. The number of carbonyl (C=O) groups is 1. The van der Waals surface area contributed by atoms with Crippen LogP contribution < -0.4 is 20.1 Å². The Kier molecular flexibility index (Phi) is 6.77. The van der Waals surface area contributed by atoms with Gasteiger partial charge in [-0.2, -0.15) is 0 Å². The van der Waals surface area contributed by atoms with Gasteiger partial charge in [0.1, 0.15) is 11.5 Å². The van der Waals surface area contributed by atoms with Gasteiger partial charge in [0.05, 0.1) is 12.7 Å². The molecule has 0 aliphatic rings. The first-order valence-corrected chi connectivity index (χ1v) is 8.50. The summed E-state index contributed by atoms with van der Waals surface area (Å²) >= 11 is 5.19. The van der Waals surface area contributed by atoms with E-state index in [1.54, 1.807) is 24.3 Å². The number of nitrogens with one attached hydrogen (secondary N) is 2. The van der Waals surface area contributed by atoms with Crippen LogP contribution in [0.4, 0.5) is 5.69 Å². The highest BCUT2D eigenvalue weighted by molar-refractivity contribution is 7.80. The molecule has 0 unspecified atom stereocenters. The molecule has 1 amide bonds. The third-order valence-electron chi connectivity index (χ3n) is 3.12. The van der Waals surface area contributed by atoms with Crippen LogP contribution in [0.25, 0.3) is 0 Å². The first kappa shape index (κ1) is 18.7. The number of amides is 1. The average Bonchev–Trinajstić information content (AvgIpc) is 2.55. The first-order valence-electron chi connectivity index (χ1n) is 8.10. The second kappa shape index (κ2) is 9.03. The number of anilines is 1. The van der Waals surface area contributed by atoms with Crippen LogP contribution in [0, 0.1) is 0 Å². The van der Waals surface area contributed by atoms with Gasteiger partial charge in [-0.25, -0.2) is 0 Å². The lowest BCUT2D eigenvalue weighted by Crippen LogP contribution is -2.34. The van der Waals surface area contributed by atoms with E-state index < -0.39 is 0 Å². The molecule has 0 heterocycles. The molecular weight excluding hydrogens is 336 g/mol. The number of hydrogen-bond acceptors (Lipinski definition) is 4. The smallest absolute Gasteiger partial charge is 0.257 e. The van der Waals surface area contributed by atoms with E-state index in [9.17, 15) is 4.79 Å². The van der Waals surface area contributed by atoms with Crippen molar-refractivity contribution in [2.45, 2.75) is 26.9 Å². The third-order valence-corrected chi connectivity index (χ3v) is 3.32. The van der Waals surface area contributed by atoms with Crippen molar-refractivity contribution in [2.75, 3.05) is 11.9 Å². The molecular formula is C19H22N2O3S. The molecule has 2 aromatic rings. The number of thiocarbonyl (C=S) groups is 1. The Balaban J connectivity index is 1.93. The predicted octanol–water partition coefficient (Wildman–Crippen LogP) is 4.00. The fourth-order valence-corrected chi connectivity index (χ4v) is 2.34. The van der Waals surface area contributed by atoms with Gasteiger partial charge in [-0.1, -0.05) is 6.07 Å². The fraction of sp³-hybridized carbons (Fsp3) is 0.263. The average molecular weight is 358 g/mol. The predicted molar refractivity (Wildman–Crippen MR) is 104 cm³/mol. The second-order valence-electron chi connectivity index (χ2n) is 5.56. The lowest BCUT2D eigenvalue weighted by molar-refractivity contribution is 0.0977. The van der Waals surface area contributed by atoms with Crippen LogP contribution in [0.15, 0.2) is 48.5 Å². The lowest BCUT2D eigenvalue weighted by Gasteiger charge is -2.12. The molecule has 0 fully saturated rings. The van der Waals surface area contributed by atoms with Crippen molar-refractivity contribution in [1.82, 2.24) is 5.32 Å². The highest BCUT2D eigenvalue weighted by Gasteiger charge is 2.09. The maximum Gasteiger partial charge on any atom is 0.257 e. The normalized spacial score (nSPS) is 10.2. The van der Waals surface area contributed by atoms with E-state index in [4.69, 9.17) is 21.7 Å². The molecule has 5 nitrogen and oxygen atoms in total. The summed E-state index contributed by atoms with van der Waals surface area (Å²) in [6.45, 7) is 6.40. The minimum atomic E-state index is -0.283. The maximum atomic E-state index is 12.2. The molecule has 0 radical (unpaired) electrons. The molecule has 25 heavy (non-hydrogen) atoms. The number of benzene rings is 2. The summed E-state index contributed by atoms with van der Waals surface area (Å²) in [4.78, 5) is 12.2. The molecule has 2 N–H and O–H groups in total. The van der Waals surface area contributed by atoms with Crippen LogP contribution in [0.1, 0.15) is 31.1 Å². The van der Waals surface area contributed by atoms with Gasteiger partial charge < -0.3 is 14.8 Å². The summed E-state index contributed by atoms with van der Waals surface area (Å²) in [5, 5.41) is 5.85. The minimum absolute atomic E-state index is 0.0869. The topological polar surface area (TPSA) is 59.6 Å². The Morgan fingerprint density at radius 2 is 1.84 bits per heavy atom. The van der Waals surface area contributed by atoms with Crippen molar-refractivity contribution < 1.29 is 14.3 Å². The van der Waals surface area contributed by atoms with Gasteiger partial charge in [0.15, 0.2) is 5.11 Å². The quantitative estimate of drug-likeness (QED) is 0.765. The fourth-order valence-electron chi connectivity index (χ4n) is 2.12. The molecule has 0 saturated heterocycles. The maximum absolute atomic E-state index is 12.2. The van der Waals surface area contributed by atoms with E-state index in [1.165, 1.54) is 0 Å². The van der Waals surface area contributed by atoms with E-state index >= 15 is 0 Å². The number of carbonyl (C=O) groups excluding carboxylic acids is 1. The zero-order valence-corrected chi connectivity index (χ0v) is 15.4. The Bertz CT molecular complexity index is 730. The Morgan fingerprint density at radius 3 is 2.48 bits per heavy atom. The van der Waals surface area contributed by atoms with Gasteiger partial charge >= 0.3 is 0 Å². The Hall–Kier alpha value is -2.60. The molecule has 0 saturated carbocycles. The standard InChI is InChI=1S/C19H22N2O3S/c1-4-23-17-7-5-6-15(12-17)20-19(25)21-18(22)14-8-10-16(11-9-14)24-13(2)3/h5-13H,4H2,1-3H3,(H2,20,21,22,25). The molecule has 0 spiro atoms. The lowest BCUT2D eigenvalue weighted by atomic mass is 10.2. The van der Waals surface area contributed by atoms with E-state index in [2.05, 4.69) is 10.6 Å². The zero-order chi connectivity index (χ0) is 18.2. The van der Waals surface area contributed by atoms with Crippen LogP contribution in [-0.4, -0.2) is 23.7 Å². The van der Waals surface area contributed by atoms with Gasteiger partial charge in [-0.05, 0) is 69.4 Å². The summed E-state index contributed by atoms with van der Waals surface area (Å²) in [6.07, 6.45) is 0.0869. The summed E-state index contributed by atoms with van der Waals surface area (Å²) in [5.41, 5.74) is 1.25. The van der Waals surface area contributed by atoms with Crippen LogP contribution in [-0.2, 0) is 0 Å². The first-order chi connectivity index (χ1) is 12.0. The van der Waals surface area contributed by atoms with E-state index in [0.717, 1.165) is 17.2 Å². The molecule has 0 bridgehead atoms. The van der Waals surface area contributed by atoms with Crippen molar-refractivity contribution in [3.63, 3.8) is 0 Å². The van der Waals surface area contributed by atoms with Crippen molar-refractivity contribution in [3.8, 4) is 11.5 Å². The summed E-state index contributed by atoms with van der Waals surface area (Å²) < 4.78 is 11.0. The summed E-state index contributed by atoms with van der Waals surface area (Å²) in [6, 6.07) is 14.3. The monoisotopic (exact) mass is 358 g/mol. The zero-order valence-electron chi connectivity index (χ0n) is 14.5. The highest BCUT2D eigenvalue weighted by atomic mass is 32.1. The highest BCUT2D eigenvalue weighted by Crippen LogP contribution is 2.17. The van der Waals surface area contributed by atoms with Crippen molar-refractivity contribution >= 4 is 28.9 Å². The van der Waals surface area contributed by atoms with Crippen LogP contribution in [0.5, 0.6) is 11.5 Å². The van der Waals surface area contributed by atoms with Gasteiger partial charge in [-0.3, -0.25) is 10.1 Å². The van der Waals surface area contributed by atoms with Crippen LogP contribution >= 0.6 is 12.2 Å². The second-order valence-corrected chi connectivity index (χ2v) is 5.97. The van der Waals surface area contributed by atoms with Crippen molar-refractivity contribution in [2.24, 2.45) is 0 Å².